The van der Waals surface area contributed by atoms with Crippen LogP contribution in [-0.4, -0.2) is 24.3 Å². The highest BCUT2D eigenvalue weighted by atomic mass is 15.4. The Balaban J connectivity index is 1.68. The van der Waals surface area contributed by atoms with Gasteiger partial charge in [-0.05, 0) is 37.1 Å². The van der Waals surface area contributed by atoms with Crippen molar-refractivity contribution in [2.45, 2.75) is 32.2 Å². The van der Waals surface area contributed by atoms with Crippen molar-refractivity contribution in [1.82, 2.24) is 24.3 Å². The lowest BCUT2D eigenvalue weighted by atomic mass is 10.0. The first-order valence-corrected chi connectivity index (χ1v) is 7.35. The molecular formula is C16H17N5. The normalized spacial score (nSPS) is 17.7. The summed E-state index contributed by atoms with van der Waals surface area (Å²) in [6.45, 7) is 3.21. The lowest BCUT2D eigenvalue weighted by Crippen LogP contribution is -2.14. The van der Waals surface area contributed by atoms with Gasteiger partial charge in [0.2, 0.25) is 0 Å². The summed E-state index contributed by atoms with van der Waals surface area (Å²) >= 11 is 0. The van der Waals surface area contributed by atoms with Crippen molar-refractivity contribution in [3.05, 3.63) is 48.8 Å². The summed E-state index contributed by atoms with van der Waals surface area (Å²) < 4.78 is 4.05. The van der Waals surface area contributed by atoms with Crippen LogP contribution in [0.15, 0.2) is 43.0 Å². The van der Waals surface area contributed by atoms with Crippen LogP contribution < -0.4 is 0 Å². The highest BCUT2D eigenvalue weighted by molar-refractivity contribution is 5.57. The first-order valence-electron chi connectivity index (χ1n) is 7.35. The molecule has 0 saturated heterocycles. The van der Waals surface area contributed by atoms with Gasteiger partial charge in [0.1, 0.15) is 5.82 Å². The van der Waals surface area contributed by atoms with E-state index in [1.807, 2.05) is 10.8 Å². The van der Waals surface area contributed by atoms with Crippen LogP contribution in [0.2, 0.25) is 0 Å². The Hall–Kier alpha value is -2.43. The minimum absolute atomic E-state index is 0.505. The minimum atomic E-state index is 0.505. The number of aryl methyl sites for hydroxylation is 1. The van der Waals surface area contributed by atoms with Gasteiger partial charge in [0.25, 0.3) is 0 Å². The molecule has 1 unspecified atom stereocenters. The van der Waals surface area contributed by atoms with Crippen molar-refractivity contribution in [2.24, 2.45) is 0 Å². The van der Waals surface area contributed by atoms with Crippen LogP contribution >= 0.6 is 0 Å². The Bertz CT molecular complexity index is 740. The van der Waals surface area contributed by atoms with E-state index < -0.39 is 0 Å². The van der Waals surface area contributed by atoms with E-state index in [2.05, 4.69) is 46.0 Å². The quantitative estimate of drug-likeness (QED) is 0.724. The van der Waals surface area contributed by atoms with E-state index >= 15 is 0 Å². The molecule has 1 aromatic carbocycles. The van der Waals surface area contributed by atoms with Crippen molar-refractivity contribution in [3.63, 3.8) is 0 Å². The van der Waals surface area contributed by atoms with Crippen molar-refractivity contribution in [1.29, 1.82) is 0 Å². The molecule has 1 aliphatic rings. The monoisotopic (exact) mass is 279 g/mol. The van der Waals surface area contributed by atoms with Crippen molar-refractivity contribution in [3.8, 4) is 17.1 Å². The van der Waals surface area contributed by atoms with Crippen LogP contribution in [0.25, 0.3) is 17.1 Å². The molecule has 0 fully saturated rings. The smallest absolute Gasteiger partial charge is 0.181 e. The van der Waals surface area contributed by atoms with Crippen molar-refractivity contribution in [2.75, 3.05) is 0 Å². The van der Waals surface area contributed by atoms with E-state index in [4.69, 9.17) is 4.98 Å². The van der Waals surface area contributed by atoms with Crippen LogP contribution in [0.4, 0.5) is 0 Å². The number of imidazole rings is 1. The number of hydrogen-bond donors (Lipinski definition) is 0. The zero-order chi connectivity index (χ0) is 14.2. The van der Waals surface area contributed by atoms with Gasteiger partial charge in [-0.3, -0.25) is 0 Å². The summed E-state index contributed by atoms with van der Waals surface area (Å²) in [5.41, 5.74) is 2.15. The molecule has 3 heterocycles. The Labute approximate surface area is 123 Å². The highest BCUT2D eigenvalue weighted by Crippen LogP contribution is 2.27. The average Bonchev–Trinajstić information content (AvgIpc) is 3.18. The van der Waals surface area contributed by atoms with Crippen LogP contribution in [0.3, 0.4) is 0 Å². The van der Waals surface area contributed by atoms with E-state index in [9.17, 15) is 0 Å². The molecule has 3 aromatic rings. The number of fused-ring (bicyclic) bond motifs is 1. The molecule has 0 amide bonds. The molecule has 5 nitrogen and oxygen atoms in total. The van der Waals surface area contributed by atoms with Gasteiger partial charge in [-0.2, -0.15) is 5.10 Å². The third-order valence-corrected chi connectivity index (χ3v) is 4.08. The molecule has 0 spiro atoms. The second-order valence-corrected chi connectivity index (χ2v) is 5.58. The standard InChI is InChI=1S/C16H17N5/c1-12-3-2-9-21-16(12)18-15(19-21)13-4-6-14(7-5-13)20-10-8-17-11-20/h4-8,10-12H,2-3,9H2,1H3. The van der Waals surface area contributed by atoms with E-state index in [1.165, 1.54) is 12.8 Å². The summed E-state index contributed by atoms with van der Waals surface area (Å²) in [5.74, 6) is 2.45. The van der Waals surface area contributed by atoms with Crippen LogP contribution in [0.5, 0.6) is 0 Å². The molecule has 0 N–H and O–H groups in total. The van der Waals surface area contributed by atoms with E-state index in [1.54, 1.807) is 12.5 Å². The maximum atomic E-state index is 4.73. The van der Waals surface area contributed by atoms with Gasteiger partial charge in [0, 0.05) is 36.1 Å². The molecule has 1 atom stereocenters. The molecule has 1 aliphatic heterocycles. The Morgan fingerprint density at radius 1 is 1.19 bits per heavy atom. The number of aromatic nitrogens is 5. The Kier molecular flexibility index (Phi) is 2.84. The lowest BCUT2D eigenvalue weighted by Gasteiger charge is -2.17. The lowest BCUT2D eigenvalue weighted by molar-refractivity contribution is 0.432. The zero-order valence-corrected chi connectivity index (χ0v) is 12.0. The molecule has 0 radical (unpaired) electrons. The Morgan fingerprint density at radius 2 is 2.05 bits per heavy atom. The summed E-state index contributed by atoms with van der Waals surface area (Å²) in [4.78, 5) is 8.79. The number of nitrogens with zero attached hydrogens (tertiary/aromatic N) is 5. The number of benzene rings is 1. The number of hydrogen-bond acceptors (Lipinski definition) is 3. The predicted octanol–water partition coefficient (Wildman–Crippen LogP) is 3.03. The second-order valence-electron chi connectivity index (χ2n) is 5.58. The van der Waals surface area contributed by atoms with Gasteiger partial charge in [-0.1, -0.05) is 6.92 Å². The van der Waals surface area contributed by atoms with Gasteiger partial charge >= 0.3 is 0 Å². The first-order chi connectivity index (χ1) is 10.3. The van der Waals surface area contributed by atoms with E-state index in [0.717, 1.165) is 29.4 Å². The fraction of sp³-hybridized carbons (Fsp3) is 0.312. The second kappa shape index (κ2) is 4.84. The molecule has 5 heteroatoms. The summed E-state index contributed by atoms with van der Waals surface area (Å²) in [7, 11) is 0. The maximum absolute atomic E-state index is 4.73. The minimum Gasteiger partial charge on any atom is -0.306 e. The summed E-state index contributed by atoms with van der Waals surface area (Å²) in [6.07, 6.45) is 7.91. The number of rotatable bonds is 2. The Morgan fingerprint density at radius 3 is 2.76 bits per heavy atom. The molecule has 21 heavy (non-hydrogen) atoms. The molecule has 0 saturated carbocycles. The summed E-state index contributed by atoms with van der Waals surface area (Å²) in [6, 6.07) is 8.28. The van der Waals surface area contributed by atoms with Gasteiger partial charge in [0.05, 0.1) is 6.33 Å². The van der Waals surface area contributed by atoms with Gasteiger partial charge in [0.15, 0.2) is 5.82 Å². The van der Waals surface area contributed by atoms with Crippen molar-refractivity contribution < 1.29 is 0 Å². The van der Waals surface area contributed by atoms with Crippen molar-refractivity contribution >= 4 is 0 Å². The average molecular weight is 279 g/mol. The van der Waals surface area contributed by atoms with Gasteiger partial charge in [-0.15, -0.1) is 0 Å². The third-order valence-electron chi connectivity index (χ3n) is 4.08. The van der Waals surface area contributed by atoms with Crippen LogP contribution in [-0.2, 0) is 6.54 Å². The van der Waals surface area contributed by atoms with Crippen LogP contribution in [0, 0.1) is 0 Å². The van der Waals surface area contributed by atoms with Crippen LogP contribution in [0.1, 0.15) is 31.5 Å². The molecule has 0 bridgehead atoms. The molecule has 2 aromatic heterocycles. The van der Waals surface area contributed by atoms with Gasteiger partial charge in [-0.25, -0.2) is 14.6 Å². The SMILES string of the molecule is CC1CCCn2nc(-c3ccc(-n4ccnc4)cc3)nc21. The topological polar surface area (TPSA) is 48.5 Å². The third kappa shape index (κ3) is 2.14. The first kappa shape index (κ1) is 12.3. The largest absolute Gasteiger partial charge is 0.306 e. The van der Waals surface area contributed by atoms with Gasteiger partial charge < -0.3 is 4.57 Å². The fourth-order valence-electron chi connectivity index (χ4n) is 2.88. The molecule has 4 rings (SSSR count). The highest BCUT2D eigenvalue weighted by Gasteiger charge is 2.20. The van der Waals surface area contributed by atoms with E-state index in [-0.39, 0.29) is 0 Å². The zero-order valence-electron chi connectivity index (χ0n) is 12.0. The molecule has 0 aliphatic carbocycles. The predicted molar refractivity (Wildman–Crippen MR) is 80.2 cm³/mol. The fourth-order valence-corrected chi connectivity index (χ4v) is 2.88. The van der Waals surface area contributed by atoms with E-state index in [0.29, 0.717) is 5.92 Å². The summed E-state index contributed by atoms with van der Waals surface area (Å²) in [5, 5.41) is 4.65. The maximum Gasteiger partial charge on any atom is 0.181 e. The molecule has 106 valence electrons. The molecular weight excluding hydrogens is 262 g/mol.